The fourth-order valence-corrected chi connectivity index (χ4v) is 4.32. The molecule has 0 radical (unpaired) electrons. The SMILES string of the molecule is Cc1ccccc1-n1nc2c(c1NC(=O)c1ccccc1F)C[S@](=O)C2. The molecule has 0 saturated carbocycles. The average Bonchev–Trinajstić information content (AvgIpc) is 3.13. The first kappa shape index (κ1) is 16.7. The van der Waals surface area contributed by atoms with Gasteiger partial charge in [0.1, 0.15) is 11.6 Å². The van der Waals surface area contributed by atoms with E-state index in [-0.39, 0.29) is 5.56 Å². The third-order valence-corrected chi connectivity index (χ3v) is 5.57. The van der Waals surface area contributed by atoms with E-state index in [1.807, 2.05) is 31.2 Å². The topological polar surface area (TPSA) is 64.0 Å². The highest BCUT2D eigenvalue weighted by Gasteiger charge is 2.29. The summed E-state index contributed by atoms with van der Waals surface area (Å²) in [5.41, 5.74) is 3.21. The smallest absolute Gasteiger partial charge is 0.259 e. The van der Waals surface area contributed by atoms with Crippen LogP contribution in [0.3, 0.4) is 0 Å². The Balaban J connectivity index is 1.80. The van der Waals surface area contributed by atoms with Gasteiger partial charge in [-0.3, -0.25) is 9.00 Å². The largest absolute Gasteiger partial charge is 0.306 e. The highest BCUT2D eigenvalue weighted by molar-refractivity contribution is 7.83. The number of rotatable bonds is 3. The lowest BCUT2D eigenvalue weighted by Crippen LogP contribution is -2.18. The Bertz CT molecular complexity index is 1050. The van der Waals surface area contributed by atoms with Gasteiger partial charge in [-0.1, -0.05) is 30.3 Å². The maximum Gasteiger partial charge on any atom is 0.259 e. The quantitative estimate of drug-likeness (QED) is 0.770. The van der Waals surface area contributed by atoms with Crippen LogP contribution in [0.5, 0.6) is 0 Å². The molecule has 1 atom stereocenters. The van der Waals surface area contributed by atoms with E-state index >= 15 is 0 Å². The van der Waals surface area contributed by atoms with Crippen molar-refractivity contribution in [3.05, 3.63) is 76.7 Å². The number of para-hydroxylation sites is 1. The number of anilines is 1. The van der Waals surface area contributed by atoms with Crippen LogP contribution in [-0.2, 0) is 22.3 Å². The van der Waals surface area contributed by atoms with Gasteiger partial charge < -0.3 is 5.32 Å². The van der Waals surface area contributed by atoms with Crippen molar-refractivity contribution in [1.82, 2.24) is 9.78 Å². The van der Waals surface area contributed by atoms with Gasteiger partial charge in [-0.2, -0.15) is 5.10 Å². The Morgan fingerprint density at radius 1 is 1.15 bits per heavy atom. The number of amides is 1. The first-order chi connectivity index (χ1) is 12.5. The van der Waals surface area contributed by atoms with E-state index < -0.39 is 22.5 Å². The van der Waals surface area contributed by atoms with Crippen molar-refractivity contribution in [3.8, 4) is 5.69 Å². The number of carbonyl (C=O) groups is 1. The van der Waals surface area contributed by atoms with Crippen LogP contribution < -0.4 is 5.32 Å². The molecule has 0 unspecified atom stereocenters. The summed E-state index contributed by atoms with van der Waals surface area (Å²) in [4.78, 5) is 12.6. The van der Waals surface area contributed by atoms with Gasteiger partial charge in [0.05, 0.1) is 28.5 Å². The number of halogens is 1. The minimum absolute atomic E-state index is 0.0436. The van der Waals surface area contributed by atoms with Crippen LogP contribution >= 0.6 is 0 Å². The molecule has 0 spiro atoms. The lowest BCUT2D eigenvalue weighted by atomic mass is 10.2. The minimum Gasteiger partial charge on any atom is -0.306 e. The van der Waals surface area contributed by atoms with Crippen LogP contribution in [0.1, 0.15) is 27.2 Å². The van der Waals surface area contributed by atoms with E-state index in [1.165, 1.54) is 18.2 Å². The van der Waals surface area contributed by atoms with Crippen molar-refractivity contribution in [2.75, 3.05) is 5.32 Å². The van der Waals surface area contributed by atoms with Crippen molar-refractivity contribution in [1.29, 1.82) is 0 Å². The van der Waals surface area contributed by atoms with E-state index in [1.54, 1.807) is 10.7 Å². The van der Waals surface area contributed by atoms with Gasteiger partial charge in [-0.25, -0.2) is 9.07 Å². The summed E-state index contributed by atoms with van der Waals surface area (Å²) < 4.78 is 27.5. The van der Waals surface area contributed by atoms with Gasteiger partial charge in [0, 0.05) is 16.4 Å². The van der Waals surface area contributed by atoms with Gasteiger partial charge in [0.2, 0.25) is 0 Å². The molecule has 7 heteroatoms. The number of hydrogen-bond acceptors (Lipinski definition) is 3. The number of nitrogens with zero attached hydrogens (tertiary/aromatic N) is 2. The lowest BCUT2D eigenvalue weighted by molar-refractivity contribution is 0.102. The molecule has 0 saturated heterocycles. The van der Waals surface area contributed by atoms with Gasteiger partial charge in [-0.05, 0) is 30.7 Å². The molecule has 0 bridgehead atoms. The van der Waals surface area contributed by atoms with Crippen molar-refractivity contribution in [2.45, 2.75) is 18.4 Å². The van der Waals surface area contributed by atoms with Gasteiger partial charge in [-0.15, -0.1) is 0 Å². The number of carbonyl (C=O) groups excluding carboxylic acids is 1. The third kappa shape index (κ3) is 2.84. The molecule has 1 N–H and O–H groups in total. The summed E-state index contributed by atoms with van der Waals surface area (Å²) >= 11 is 0. The van der Waals surface area contributed by atoms with Gasteiger partial charge in [0.15, 0.2) is 0 Å². The molecule has 26 heavy (non-hydrogen) atoms. The second kappa shape index (κ2) is 6.49. The Morgan fingerprint density at radius 3 is 2.65 bits per heavy atom. The zero-order chi connectivity index (χ0) is 18.3. The molecule has 5 nitrogen and oxygen atoms in total. The number of benzene rings is 2. The van der Waals surface area contributed by atoms with Crippen LogP contribution in [0.25, 0.3) is 5.69 Å². The zero-order valence-electron chi connectivity index (χ0n) is 14.0. The van der Waals surface area contributed by atoms with Crippen LogP contribution in [0, 0.1) is 12.7 Å². The average molecular weight is 369 g/mol. The molecule has 4 rings (SSSR count). The van der Waals surface area contributed by atoms with Gasteiger partial charge >= 0.3 is 0 Å². The first-order valence-electron chi connectivity index (χ1n) is 8.12. The van der Waals surface area contributed by atoms with E-state index in [0.717, 1.165) is 16.8 Å². The summed E-state index contributed by atoms with van der Waals surface area (Å²) in [7, 11) is -1.03. The zero-order valence-corrected chi connectivity index (χ0v) is 14.8. The second-order valence-corrected chi connectivity index (χ2v) is 7.59. The van der Waals surface area contributed by atoms with E-state index in [9.17, 15) is 13.4 Å². The van der Waals surface area contributed by atoms with Gasteiger partial charge in [0.25, 0.3) is 5.91 Å². The Morgan fingerprint density at radius 2 is 1.88 bits per heavy atom. The minimum atomic E-state index is -1.03. The predicted octanol–water partition coefficient (Wildman–Crippen LogP) is 3.33. The number of aryl methyl sites for hydroxylation is 1. The summed E-state index contributed by atoms with van der Waals surface area (Å²) in [6, 6.07) is 13.5. The third-order valence-electron chi connectivity index (χ3n) is 4.36. The monoisotopic (exact) mass is 369 g/mol. The Kier molecular flexibility index (Phi) is 4.16. The maximum atomic E-state index is 14.0. The molecule has 1 amide bonds. The summed E-state index contributed by atoms with van der Waals surface area (Å²) in [6.45, 7) is 1.95. The Labute approximate surface area is 152 Å². The van der Waals surface area contributed by atoms with E-state index in [2.05, 4.69) is 10.4 Å². The number of aromatic nitrogens is 2. The van der Waals surface area contributed by atoms with Crippen LogP contribution in [-0.4, -0.2) is 19.9 Å². The fraction of sp³-hybridized carbons (Fsp3) is 0.158. The molecular formula is C19H16FN3O2S. The molecule has 1 aliphatic heterocycles. The first-order valence-corrected chi connectivity index (χ1v) is 9.61. The molecule has 0 aliphatic carbocycles. The maximum absolute atomic E-state index is 14.0. The van der Waals surface area contributed by atoms with Crippen LogP contribution in [0.4, 0.5) is 10.2 Å². The fourth-order valence-electron chi connectivity index (χ4n) is 3.05. The standard InChI is InChI=1S/C19H16FN3O2S/c1-12-6-2-5-9-17(12)23-18(14-10-26(25)11-16(14)22-23)21-19(24)13-7-3-4-8-15(13)20/h2-9H,10-11H2,1H3,(H,21,24)/t26-/m0/s1. The molecule has 0 fully saturated rings. The number of nitrogens with one attached hydrogen (secondary N) is 1. The van der Waals surface area contributed by atoms with Crippen molar-refractivity contribution in [3.63, 3.8) is 0 Å². The number of hydrogen-bond donors (Lipinski definition) is 1. The molecule has 132 valence electrons. The van der Waals surface area contributed by atoms with Crippen LogP contribution in [0.15, 0.2) is 48.5 Å². The molecule has 1 aromatic heterocycles. The highest BCUT2D eigenvalue weighted by atomic mass is 32.2. The highest BCUT2D eigenvalue weighted by Crippen LogP contribution is 2.32. The molecule has 2 aromatic carbocycles. The van der Waals surface area contributed by atoms with Crippen molar-refractivity contribution >= 4 is 22.5 Å². The molecule has 2 heterocycles. The summed E-state index contributed by atoms with van der Waals surface area (Å²) in [5, 5.41) is 7.34. The Hall–Kier alpha value is -2.80. The van der Waals surface area contributed by atoms with Crippen molar-refractivity contribution < 1.29 is 13.4 Å². The molecule has 3 aromatic rings. The summed E-state index contributed by atoms with van der Waals surface area (Å²) in [5.74, 6) is -0.0101. The van der Waals surface area contributed by atoms with E-state index in [0.29, 0.717) is 23.0 Å². The molecular weight excluding hydrogens is 353 g/mol. The lowest BCUT2D eigenvalue weighted by Gasteiger charge is -2.13. The van der Waals surface area contributed by atoms with Crippen molar-refractivity contribution in [2.24, 2.45) is 0 Å². The van der Waals surface area contributed by atoms with Crippen LogP contribution in [0.2, 0.25) is 0 Å². The van der Waals surface area contributed by atoms with E-state index in [4.69, 9.17) is 0 Å². The second-order valence-electron chi connectivity index (χ2n) is 6.13. The summed E-state index contributed by atoms with van der Waals surface area (Å²) in [6.07, 6.45) is 0. The molecule has 1 aliphatic rings. The normalized spacial score (nSPS) is 15.7. The number of fused-ring (bicyclic) bond motifs is 1. The predicted molar refractivity (Wildman–Crippen MR) is 98.2 cm³/mol.